The zero-order valence-corrected chi connectivity index (χ0v) is 12.2. The number of ether oxygens (including phenoxy) is 1. The Labute approximate surface area is 118 Å². The van der Waals surface area contributed by atoms with Crippen LogP contribution in [0.2, 0.25) is 0 Å². The molecule has 0 aliphatic rings. The van der Waals surface area contributed by atoms with Gasteiger partial charge in [-0.2, -0.15) is 0 Å². The third-order valence-electron chi connectivity index (χ3n) is 3.20. The number of thiophene rings is 1. The SMILES string of the molecule is CN(CCO)CCOCCc1cccc2sccc12. The maximum atomic E-state index is 8.79. The average Bonchev–Trinajstić information content (AvgIpc) is 2.87. The Balaban J connectivity index is 1.72. The molecule has 1 heterocycles. The van der Waals surface area contributed by atoms with Crippen LogP contribution in [0, 0.1) is 0 Å². The Morgan fingerprint density at radius 1 is 1.21 bits per heavy atom. The summed E-state index contributed by atoms with van der Waals surface area (Å²) in [5, 5.41) is 12.3. The molecule has 4 heteroatoms. The van der Waals surface area contributed by atoms with Gasteiger partial charge in [-0.15, -0.1) is 11.3 Å². The lowest BCUT2D eigenvalue weighted by Crippen LogP contribution is -2.26. The van der Waals surface area contributed by atoms with Crippen LogP contribution in [0.1, 0.15) is 5.56 Å². The van der Waals surface area contributed by atoms with Gasteiger partial charge in [0.2, 0.25) is 0 Å². The lowest BCUT2D eigenvalue weighted by Gasteiger charge is -2.14. The Morgan fingerprint density at radius 2 is 2.11 bits per heavy atom. The molecule has 2 rings (SSSR count). The number of hydrogen-bond acceptors (Lipinski definition) is 4. The third-order valence-corrected chi connectivity index (χ3v) is 4.08. The largest absolute Gasteiger partial charge is 0.395 e. The molecule has 1 aromatic carbocycles. The van der Waals surface area contributed by atoms with Gasteiger partial charge in [-0.3, -0.25) is 0 Å². The van der Waals surface area contributed by atoms with Crippen LogP contribution in [-0.4, -0.2) is 50.0 Å². The van der Waals surface area contributed by atoms with Gasteiger partial charge in [0, 0.05) is 17.8 Å². The monoisotopic (exact) mass is 279 g/mol. The molecule has 104 valence electrons. The molecule has 0 atom stereocenters. The van der Waals surface area contributed by atoms with Gasteiger partial charge in [-0.1, -0.05) is 12.1 Å². The minimum Gasteiger partial charge on any atom is -0.395 e. The van der Waals surface area contributed by atoms with E-state index in [-0.39, 0.29) is 6.61 Å². The van der Waals surface area contributed by atoms with Crippen molar-refractivity contribution in [3.63, 3.8) is 0 Å². The molecule has 0 aliphatic heterocycles. The first-order valence-electron chi connectivity index (χ1n) is 6.63. The first-order chi connectivity index (χ1) is 9.31. The van der Waals surface area contributed by atoms with Crippen LogP contribution in [-0.2, 0) is 11.2 Å². The van der Waals surface area contributed by atoms with Crippen LogP contribution >= 0.6 is 11.3 Å². The van der Waals surface area contributed by atoms with E-state index in [0.717, 1.165) is 26.2 Å². The molecule has 0 unspecified atom stereocenters. The van der Waals surface area contributed by atoms with E-state index in [1.165, 1.54) is 15.6 Å². The van der Waals surface area contributed by atoms with Crippen molar-refractivity contribution in [2.75, 3.05) is 40.0 Å². The molecule has 19 heavy (non-hydrogen) atoms. The van der Waals surface area contributed by atoms with Crippen LogP contribution in [0.25, 0.3) is 10.1 Å². The van der Waals surface area contributed by atoms with E-state index in [1.54, 1.807) is 11.3 Å². The minimum absolute atomic E-state index is 0.205. The van der Waals surface area contributed by atoms with Crippen molar-refractivity contribution < 1.29 is 9.84 Å². The fourth-order valence-electron chi connectivity index (χ4n) is 2.06. The van der Waals surface area contributed by atoms with Gasteiger partial charge in [-0.25, -0.2) is 0 Å². The van der Waals surface area contributed by atoms with Crippen LogP contribution < -0.4 is 0 Å². The van der Waals surface area contributed by atoms with Crippen molar-refractivity contribution in [3.8, 4) is 0 Å². The van der Waals surface area contributed by atoms with Crippen LogP contribution in [0.5, 0.6) is 0 Å². The molecule has 0 amide bonds. The summed E-state index contributed by atoms with van der Waals surface area (Å²) in [7, 11) is 1.99. The predicted molar refractivity (Wildman–Crippen MR) is 80.9 cm³/mol. The van der Waals surface area contributed by atoms with Crippen molar-refractivity contribution in [1.29, 1.82) is 0 Å². The highest BCUT2D eigenvalue weighted by molar-refractivity contribution is 7.17. The maximum Gasteiger partial charge on any atom is 0.0593 e. The molecule has 1 aromatic heterocycles. The fraction of sp³-hybridized carbons (Fsp3) is 0.467. The number of nitrogens with zero attached hydrogens (tertiary/aromatic N) is 1. The highest BCUT2D eigenvalue weighted by Crippen LogP contribution is 2.24. The van der Waals surface area contributed by atoms with E-state index >= 15 is 0 Å². The zero-order valence-electron chi connectivity index (χ0n) is 11.3. The van der Waals surface area contributed by atoms with Gasteiger partial charge < -0.3 is 14.7 Å². The average molecular weight is 279 g/mol. The fourth-order valence-corrected chi connectivity index (χ4v) is 2.90. The minimum atomic E-state index is 0.205. The third kappa shape index (κ3) is 4.28. The Hall–Kier alpha value is -0.940. The number of aliphatic hydroxyl groups excluding tert-OH is 1. The molecule has 0 spiro atoms. The van der Waals surface area contributed by atoms with E-state index in [9.17, 15) is 0 Å². The summed E-state index contributed by atoms with van der Waals surface area (Å²) in [4.78, 5) is 2.07. The van der Waals surface area contributed by atoms with Gasteiger partial charge in [0.25, 0.3) is 0 Å². The summed E-state index contributed by atoms with van der Waals surface area (Å²) in [5.74, 6) is 0. The summed E-state index contributed by atoms with van der Waals surface area (Å²) in [6.45, 7) is 3.25. The van der Waals surface area contributed by atoms with Crippen molar-refractivity contribution >= 4 is 21.4 Å². The van der Waals surface area contributed by atoms with Crippen LogP contribution in [0.4, 0.5) is 0 Å². The van der Waals surface area contributed by atoms with Crippen molar-refractivity contribution in [3.05, 3.63) is 35.2 Å². The van der Waals surface area contributed by atoms with E-state index in [0.29, 0.717) is 6.54 Å². The number of benzene rings is 1. The summed E-state index contributed by atoms with van der Waals surface area (Å²) < 4.78 is 7.01. The van der Waals surface area contributed by atoms with Gasteiger partial charge >= 0.3 is 0 Å². The summed E-state index contributed by atoms with van der Waals surface area (Å²) in [6, 6.07) is 8.64. The van der Waals surface area contributed by atoms with Crippen LogP contribution in [0.3, 0.4) is 0 Å². The van der Waals surface area contributed by atoms with Gasteiger partial charge in [0.15, 0.2) is 0 Å². The van der Waals surface area contributed by atoms with Gasteiger partial charge in [0.1, 0.15) is 0 Å². The highest BCUT2D eigenvalue weighted by Gasteiger charge is 2.02. The first kappa shape index (κ1) is 14.5. The molecule has 0 radical (unpaired) electrons. The highest BCUT2D eigenvalue weighted by atomic mass is 32.1. The quantitative estimate of drug-likeness (QED) is 0.753. The Kier molecular flexibility index (Phi) is 5.79. The molecule has 0 fully saturated rings. The molecule has 1 N–H and O–H groups in total. The van der Waals surface area contributed by atoms with Gasteiger partial charge in [0.05, 0.1) is 19.8 Å². The smallest absolute Gasteiger partial charge is 0.0593 e. The lowest BCUT2D eigenvalue weighted by atomic mass is 10.1. The molecule has 0 bridgehead atoms. The predicted octanol–water partition coefficient (Wildman–Crippen LogP) is 2.38. The molecular formula is C15H21NO2S. The second kappa shape index (κ2) is 7.60. The summed E-state index contributed by atoms with van der Waals surface area (Å²) in [6.07, 6.45) is 0.956. The number of hydrogen-bond donors (Lipinski definition) is 1. The molecule has 3 nitrogen and oxygen atoms in total. The number of rotatable bonds is 8. The molecule has 0 aliphatic carbocycles. The molecule has 2 aromatic rings. The van der Waals surface area contributed by atoms with Crippen LogP contribution in [0.15, 0.2) is 29.6 Å². The van der Waals surface area contributed by atoms with E-state index in [4.69, 9.17) is 9.84 Å². The summed E-state index contributed by atoms with van der Waals surface area (Å²) >= 11 is 1.78. The normalized spacial score (nSPS) is 11.5. The second-order valence-electron chi connectivity index (χ2n) is 4.64. The topological polar surface area (TPSA) is 32.7 Å². The Bertz CT molecular complexity index is 498. The van der Waals surface area contributed by atoms with Crippen molar-refractivity contribution in [1.82, 2.24) is 4.90 Å². The molecule has 0 saturated carbocycles. The van der Waals surface area contributed by atoms with E-state index in [1.807, 2.05) is 7.05 Å². The standard InChI is InChI=1S/C15H21NO2S/c1-16(7-9-17)8-11-18-10-5-13-3-2-4-15-14(13)6-12-19-15/h2-4,6,12,17H,5,7-11H2,1H3. The maximum absolute atomic E-state index is 8.79. The number of fused-ring (bicyclic) bond motifs is 1. The van der Waals surface area contributed by atoms with Gasteiger partial charge in [-0.05, 0) is 41.9 Å². The first-order valence-corrected chi connectivity index (χ1v) is 7.51. The van der Waals surface area contributed by atoms with E-state index < -0.39 is 0 Å². The van der Waals surface area contributed by atoms with E-state index in [2.05, 4.69) is 34.5 Å². The number of likely N-dealkylation sites (N-methyl/N-ethyl adjacent to an activating group) is 1. The molecular weight excluding hydrogens is 258 g/mol. The zero-order chi connectivity index (χ0) is 13.5. The Morgan fingerprint density at radius 3 is 2.95 bits per heavy atom. The number of aliphatic hydroxyl groups is 1. The van der Waals surface area contributed by atoms with Crippen molar-refractivity contribution in [2.24, 2.45) is 0 Å². The summed E-state index contributed by atoms with van der Waals surface area (Å²) in [5.41, 5.74) is 1.36. The lowest BCUT2D eigenvalue weighted by molar-refractivity contribution is 0.107. The van der Waals surface area contributed by atoms with Crippen molar-refractivity contribution in [2.45, 2.75) is 6.42 Å². The second-order valence-corrected chi connectivity index (χ2v) is 5.59. The molecule has 0 saturated heterocycles.